The summed E-state index contributed by atoms with van der Waals surface area (Å²) in [5, 5.41) is 5.33. The Bertz CT molecular complexity index is 1000. The molecule has 35 heavy (non-hydrogen) atoms. The van der Waals surface area contributed by atoms with Crippen molar-refractivity contribution in [2.24, 2.45) is 5.92 Å². The Hall–Kier alpha value is -2.24. The van der Waals surface area contributed by atoms with Gasteiger partial charge in [-0.1, -0.05) is 12.5 Å². The summed E-state index contributed by atoms with van der Waals surface area (Å²) in [7, 11) is -1.84. The van der Waals surface area contributed by atoms with Crippen LogP contribution in [0.5, 0.6) is 5.75 Å². The highest BCUT2D eigenvalue weighted by molar-refractivity contribution is 7.89. The normalized spacial score (nSPS) is 18.3. The minimum absolute atomic E-state index is 0.0565. The van der Waals surface area contributed by atoms with E-state index in [0.29, 0.717) is 63.4 Å². The summed E-state index contributed by atoms with van der Waals surface area (Å²) >= 11 is 0. The fraction of sp³-hybridized carbons (Fsp3) is 0.667. The number of urea groups is 1. The molecule has 0 radical (unpaired) electrons. The molecule has 9 nitrogen and oxygen atoms in total. The number of rotatable bonds is 15. The van der Waals surface area contributed by atoms with E-state index in [1.54, 1.807) is 31.0 Å². The third-order valence-electron chi connectivity index (χ3n) is 6.48. The minimum atomic E-state index is -3.63. The second-order valence-corrected chi connectivity index (χ2v) is 11.5. The molecule has 3 N–H and O–H groups in total. The number of sulfonamides is 1. The molecule has 1 aromatic carbocycles. The van der Waals surface area contributed by atoms with Crippen molar-refractivity contribution >= 4 is 22.0 Å². The third kappa shape index (κ3) is 8.43. The first-order valence-electron chi connectivity index (χ1n) is 12.3. The Kier molecular flexibility index (Phi) is 9.48. The smallest absolute Gasteiger partial charge is 0.324 e. The van der Waals surface area contributed by atoms with Gasteiger partial charge >= 0.3 is 6.03 Å². The summed E-state index contributed by atoms with van der Waals surface area (Å²) in [5.41, 5.74) is -0.291. The van der Waals surface area contributed by atoms with Gasteiger partial charge in [-0.05, 0) is 76.2 Å². The zero-order valence-corrected chi connectivity index (χ0v) is 21.4. The van der Waals surface area contributed by atoms with Crippen LogP contribution in [0.3, 0.4) is 0 Å². The van der Waals surface area contributed by atoms with Crippen molar-refractivity contribution < 1.29 is 27.1 Å². The Labute approximate surface area is 207 Å². The molecular formula is C24H37FN4O5S. The molecule has 196 valence electrons. The van der Waals surface area contributed by atoms with Crippen molar-refractivity contribution in [3.05, 3.63) is 29.6 Å². The fourth-order valence-corrected chi connectivity index (χ4v) is 5.65. The number of amides is 3. The summed E-state index contributed by atoms with van der Waals surface area (Å²) in [6, 6.07) is 4.14. The molecule has 2 fully saturated rings. The molecule has 1 aliphatic carbocycles. The van der Waals surface area contributed by atoms with Crippen LogP contribution >= 0.6 is 0 Å². The summed E-state index contributed by atoms with van der Waals surface area (Å²) in [6.07, 6.45) is 4.64. The number of hydrogen-bond acceptors (Lipinski definition) is 6. The van der Waals surface area contributed by atoms with Crippen LogP contribution in [-0.2, 0) is 20.4 Å². The SMILES string of the molecule is CNCCC(C)(NS(=O)(=O)CCCCCN1CCC(=O)NC1=O)c1ccc(F)c(OCC2CC2)c1. The van der Waals surface area contributed by atoms with E-state index in [2.05, 4.69) is 15.4 Å². The summed E-state index contributed by atoms with van der Waals surface area (Å²) in [5.74, 6) is -0.168. The molecule has 3 amide bonds. The van der Waals surface area contributed by atoms with Crippen molar-refractivity contribution in [2.75, 3.05) is 39.0 Å². The molecule has 0 aromatic heterocycles. The van der Waals surface area contributed by atoms with Crippen molar-refractivity contribution in [2.45, 2.75) is 57.4 Å². The zero-order chi connectivity index (χ0) is 25.5. The molecule has 1 aliphatic heterocycles. The number of nitrogens with one attached hydrogen (secondary N) is 3. The fourth-order valence-electron chi connectivity index (χ4n) is 4.06. The average molecular weight is 513 g/mol. The number of unbranched alkanes of at least 4 members (excludes halogenated alkanes) is 2. The van der Waals surface area contributed by atoms with E-state index < -0.39 is 27.4 Å². The van der Waals surface area contributed by atoms with Gasteiger partial charge < -0.3 is 15.0 Å². The summed E-state index contributed by atoms with van der Waals surface area (Å²) < 4.78 is 48.7. The standard InChI is InChI=1S/C24H37FN4O5S/c1-24(11-12-26-2,19-8-9-20(25)21(16-19)34-17-18-6-7-18)28-35(32,33)15-5-3-4-13-29-14-10-22(30)27-23(29)31/h8-9,16,18,26,28H,3-7,10-15,17H2,1-2H3,(H,27,30,31). The molecule has 1 saturated carbocycles. The molecule has 2 aliphatic rings. The molecule has 0 spiro atoms. The van der Waals surface area contributed by atoms with Crippen molar-refractivity contribution in [1.82, 2.24) is 20.3 Å². The predicted molar refractivity (Wildman–Crippen MR) is 131 cm³/mol. The monoisotopic (exact) mass is 512 g/mol. The van der Waals surface area contributed by atoms with Crippen molar-refractivity contribution in [3.63, 3.8) is 0 Å². The maximum Gasteiger partial charge on any atom is 0.324 e. The van der Waals surface area contributed by atoms with E-state index in [-0.39, 0.29) is 23.8 Å². The highest BCUT2D eigenvalue weighted by Crippen LogP contribution is 2.33. The lowest BCUT2D eigenvalue weighted by Gasteiger charge is -2.32. The van der Waals surface area contributed by atoms with E-state index in [1.807, 2.05) is 0 Å². The van der Waals surface area contributed by atoms with E-state index >= 15 is 0 Å². The lowest BCUT2D eigenvalue weighted by atomic mass is 9.89. The number of carbonyl (C=O) groups excluding carboxylic acids is 2. The van der Waals surface area contributed by atoms with Crippen LogP contribution in [0, 0.1) is 11.7 Å². The Balaban J connectivity index is 1.56. The van der Waals surface area contributed by atoms with Gasteiger partial charge in [0.25, 0.3) is 0 Å². The van der Waals surface area contributed by atoms with Gasteiger partial charge in [0.1, 0.15) is 0 Å². The topological polar surface area (TPSA) is 117 Å². The number of nitrogens with zero attached hydrogens (tertiary/aromatic N) is 1. The summed E-state index contributed by atoms with van der Waals surface area (Å²) in [6.45, 7) is 3.70. The molecular weight excluding hydrogens is 475 g/mol. The third-order valence-corrected chi connectivity index (χ3v) is 8.07. The van der Waals surface area contributed by atoms with Gasteiger partial charge in [0.2, 0.25) is 15.9 Å². The van der Waals surface area contributed by atoms with Crippen LogP contribution in [0.15, 0.2) is 18.2 Å². The van der Waals surface area contributed by atoms with Gasteiger partial charge in [0, 0.05) is 19.5 Å². The Morgan fingerprint density at radius 3 is 2.69 bits per heavy atom. The highest BCUT2D eigenvalue weighted by Gasteiger charge is 2.32. The van der Waals surface area contributed by atoms with Crippen LogP contribution in [0.4, 0.5) is 9.18 Å². The van der Waals surface area contributed by atoms with Gasteiger partial charge in [0.05, 0.1) is 17.9 Å². The van der Waals surface area contributed by atoms with Gasteiger partial charge in [-0.3, -0.25) is 10.1 Å². The average Bonchev–Trinajstić information content (AvgIpc) is 3.62. The molecule has 3 rings (SSSR count). The van der Waals surface area contributed by atoms with E-state index in [4.69, 9.17) is 4.74 Å². The zero-order valence-electron chi connectivity index (χ0n) is 20.6. The molecule has 1 unspecified atom stereocenters. The van der Waals surface area contributed by atoms with Crippen LogP contribution < -0.4 is 20.1 Å². The van der Waals surface area contributed by atoms with Gasteiger partial charge in [-0.15, -0.1) is 0 Å². The molecule has 1 heterocycles. The molecule has 1 atom stereocenters. The first kappa shape index (κ1) is 27.3. The predicted octanol–water partition coefficient (Wildman–Crippen LogP) is 2.47. The lowest BCUT2D eigenvalue weighted by Crippen LogP contribution is -2.49. The minimum Gasteiger partial charge on any atom is -0.490 e. The molecule has 1 saturated heterocycles. The Morgan fingerprint density at radius 1 is 1.23 bits per heavy atom. The van der Waals surface area contributed by atoms with E-state index in [1.165, 1.54) is 6.07 Å². The number of halogens is 1. The number of hydrogen-bond donors (Lipinski definition) is 3. The van der Waals surface area contributed by atoms with E-state index in [0.717, 1.165) is 12.8 Å². The number of ether oxygens (including phenoxy) is 1. The molecule has 0 bridgehead atoms. The number of carbonyl (C=O) groups is 2. The number of benzene rings is 1. The summed E-state index contributed by atoms with van der Waals surface area (Å²) in [4.78, 5) is 24.6. The second kappa shape index (κ2) is 12.1. The van der Waals surface area contributed by atoms with Crippen LogP contribution in [0.2, 0.25) is 0 Å². The first-order chi connectivity index (χ1) is 16.6. The van der Waals surface area contributed by atoms with E-state index in [9.17, 15) is 22.4 Å². The largest absolute Gasteiger partial charge is 0.490 e. The van der Waals surface area contributed by atoms with Gasteiger partial charge in [-0.2, -0.15) is 0 Å². The lowest BCUT2D eigenvalue weighted by molar-refractivity contribution is -0.121. The quantitative estimate of drug-likeness (QED) is 0.311. The van der Waals surface area contributed by atoms with Crippen LogP contribution in [-0.4, -0.2) is 64.3 Å². The van der Waals surface area contributed by atoms with Gasteiger partial charge in [0.15, 0.2) is 11.6 Å². The maximum absolute atomic E-state index is 14.3. The second-order valence-electron chi connectivity index (χ2n) is 9.66. The van der Waals surface area contributed by atoms with Crippen molar-refractivity contribution in [3.8, 4) is 5.75 Å². The highest BCUT2D eigenvalue weighted by atomic mass is 32.2. The Morgan fingerprint density at radius 2 is 2.00 bits per heavy atom. The molecule has 1 aromatic rings. The first-order valence-corrected chi connectivity index (χ1v) is 13.9. The van der Waals surface area contributed by atoms with Crippen LogP contribution in [0.25, 0.3) is 0 Å². The van der Waals surface area contributed by atoms with Gasteiger partial charge in [-0.25, -0.2) is 22.3 Å². The maximum atomic E-state index is 14.3. The molecule has 11 heteroatoms. The number of imide groups is 1. The van der Waals surface area contributed by atoms with Crippen LogP contribution in [0.1, 0.15) is 57.4 Å². The van der Waals surface area contributed by atoms with Crippen molar-refractivity contribution in [1.29, 1.82) is 0 Å².